The number of aliphatic hydroxyl groups is 1. The van der Waals surface area contributed by atoms with Gasteiger partial charge in [-0.2, -0.15) is 0 Å². The summed E-state index contributed by atoms with van der Waals surface area (Å²) >= 11 is 12.4. The molecule has 1 aliphatic heterocycles. The Balaban J connectivity index is 1.60. The predicted molar refractivity (Wildman–Crippen MR) is 182 cm³/mol. The Morgan fingerprint density at radius 3 is 2.40 bits per heavy atom. The molecule has 15 heteroatoms. The summed E-state index contributed by atoms with van der Waals surface area (Å²) in [6, 6.07) is 25.6. The van der Waals surface area contributed by atoms with Gasteiger partial charge < -0.3 is 14.6 Å². The van der Waals surface area contributed by atoms with Crippen molar-refractivity contribution in [2.24, 2.45) is 15.2 Å². The van der Waals surface area contributed by atoms with Crippen LogP contribution in [-0.2, 0) is 22.5 Å². The van der Waals surface area contributed by atoms with E-state index in [1.807, 2.05) is 0 Å². The van der Waals surface area contributed by atoms with Crippen LogP contribution in [0.1, 0.15) is 34.8 Å². The second-order valence-electron chi connectivity index (χ2n) is 10.6. The van der Waals surface area contributed by atoms with Crippen molar-refractivity contribution in [2.75, 3.05) is 13.2 Å². The van der Waals surface area contributed by atoms with E-state index < -0.39 is 17.6 Å². The molecule has 1 heterocycles. The Morgan fingerprint density at radius 1 is 0.958 bits per heavy atom. The number of hydrazine groups is 1. The zero-order valence-electron chi connectivity index (χ0n) is 25.3. The molecule has 5 rings (SSSR count). The Labute approximate surface area is 285 Å². The molecular weight excluding hydrogens is 657 g/mol. The number of nitrogens with zero attached hydrogens (tertiary/aromatic N) is 7. The van der Waals surface area contributed by atoms with Gasteiger partial charge in [-0.3, -0.25) is 10.2 Å². The van der Waals surface area contributed by atoms with E-state index in [4.69, 9.17) is 42.8 Å². The fourth-order valence-corrected chi connectivity index (χ4v) is 5.67. The molecule has 1 aliphatic rings. The molecular formula is C33H29Cl2N9O4. The van der Waals surface area contributed by atoms with Crippen LogP contribution in [0.2, 0.25) is 10.0 Å². The Kier molecular flexibility index (Phi) is 11.4. The number of aliphatic imine (C=N–C) groups is 1. The van der Waals surface area contributed by atoms with Crippen molar-refractivity contribution >= 4 is 46.4 Å². The first-order chi connectivity index (χ1) is 23.4. The predicted octanol–water partition coefficient (Wildman–Crippen LogP) is 7.96. The van der Waals surface area contributed by atoms with E-state index in [2.05, 4.69) is 30.9 Å². The maximum absolute atomic E-state index is 14.5. The molecule has 0 saturated carbocycles. The van der Waals surface area contributed by atoms with E-state index in [9.17, 15) is 15.9 Å². The van der Waals surface area contributed by atoms with E-state index in [0.29, 0.717) is 56.8 Å². The second-order valence-corrected chi connectivity index (χ2v) is 11.4. The molecule has 13 nitrogen and oxygen atoms in total. The zero-order chi connectivity index (χ0) is 33.9. The summed E-state index contributed by atoms with van der Waals surface area (Å²) in [4.78, 5) is 25.4. The number of amides is 1. The highest BCUT2D eigenvalue weighted by Gasteiger charge is 2.54. The second kappa shape index (κ2) is 16.0. The van der Waals surface area contributed by atoms with Crippen molar-refractivity contribution in [2.45, 2.75) is 31.0 Å². The van der Waals surface area contributed by atoms with Gasteiger partial charge in [0.2, 0.25) is 5.90 Å². The van der Waals surface area contributed by atoms with E-state index in [1.165, 1.54) is 0 Å². The smallest absolute Gasteiger partial charge is 0.266 e. The molecule has 244 valence electrons. The van der Waals surface area contributed by atoms with E-state index in [-0.39, 0.29) is 31.2 Å². The minimum absolute atomic E-state index is 0.00991. The van der Waals surface area contributed by atoms with Crippen LogP contribution in [0.15, 0.2) is 106 Å². The van der Waals surface area contributed by atoms with Crippen molar-refractivity contribution < 1.29 is 19.4 Å². The molecule has 0 saturated heterocycles. The fourth-order valence-electron chi connectivity index (χ4n) is 5.20. The Bertz CT molecular complexity index is 1910. The number of ether oxygens (including phenoxy) is 2. The van der Waals surface area contributed by atoms with Crippen molar-refractivity contribution in [1.82, 2.24) is 10.9 Å². The van der Waals surface area contributed by atoms with Gasteiger partial charge in [0.1, 0.15) is 5.75 Å². The standard InChI is InChI=1S/C33H29Cl2N9O4/c34-24-13-10-23(27(35)18-24)20-38-42-32(46)33(19-22-6-1-3-8-28(22)40-43-36)30(26-7-2-4-9-29(26)41-44-37)48-31(39-33)21-11-14-25(15-12-21)47-17-5-16-45/h1-4,6-15,18,30,38,45H,5,16-17,19-20H2,(H,42,46)/t30-,33-/m0/s1. The number of benzene rings is 4. The summed E-state index contributed by atoms with van der Waals surface area (Å²) in [7, 11) is 0. The van der Waals surface area contributed by atoms with E-state index in [0.717, 1.165) is 0 Å². The topological polar surface area (TPSA) is 190 Å². The molecule has 0 radical (unpaired) electrons. The first-order valence-corrected chi connectivity index (χ1v) is 15.5. The largest absolute Gasteiger partial charge is 0.494 e. The number of azide groups is 2. The third-order valence-electron chi connectivity index (χ3n) is 7.50. The summed E-state index contributed by atoms with van der Waals surface area (Å²) in [6.07, 6.45) is -0.690. The fraction of sp³-hybridized carbons (Fsp3) is 0.212. The number of nitrogens with one attached hydrogen (secondary N) is 2. The summed E-state index contributed by atoms with van der Waals surface area (Å²) in [5.74, 6) is 0.145. The summed E-state index contributed by atoms with van der Waals surface area (Å²) in [5.41, 5.74) is 25.4. The van der Waals surface area contributed by atoms with E-state index >= 15 is 0 Å². The van der Waals surface area contributed by atoms with Gasteiger partial charge in [-0.15, -0.1) is 0 Å². The third kappa shape index (κ3) is 7.81. The first kappa shape index (κ1) is 34.1. The molecule has 0 unspecified atom stereocenters. The summed E-state index contributed by atoms with van der Waals surface area (Å²) in [6.45, 7) is 0.506. The lowest BCUT2D eigenvalue weighted by Gasteiger charge is -2.31. The lowest BCUT2D eigenvalue weighted by molar-refractivity contribution is -0.130. The number of rotatable bonds is 14. The van der Waals surface area contributed by atoms with Gasteiger partial charge in [0, 0.05) is 68.4 Å². The molecule has 0 spiro atoms. The molecule has 0 aliphatic carbocycles. The molecule has 1 amide bonds. The van der Waals surface area contributed by atoms with Crippen LogP contribution in [0.4, 0.5) is 11.4 Å². The lowest BCUT2D eigenvalue weighted by atomic mass is 9.81. The third-order valence-corrected chi connectivity index (χ3v) is 8.09. The SMILES string of the molecule is [N-]=[N+]=Nc1ccccc1C[C@]1(C(=O)NNCc2ccc(Cl)cc2Cl)N=C(c2ccc(OCCCO)cc2)O[C@H]1c1ccccc1N=[N+]=[N-]. The monoisotopic (exact) mass is 685 g/mol. The number of hydrogen-bond donors (Lipinski definition) is 3. The van der Waals surface area contributed by atoms with Gasteiger partial charge in [-0.05, 0) is 58.6 Å². The molecule has 4 aromatic carbocycles. The lowest BCUT2D eigenvalue weighted by Crippen LogP contribution is -2.53. The maximum atomic E-state index is 14.5. The van der Waals surface area contributed by atoms with Crippen molar-refractivity contribution in [3.8, 4) is 5.75 Å². The molecule has 0 bridgehead atoms. The summed E-state index contributed by atoms with van der Waals surface area (Å²) in [5, 5.41) is 17.7. The molecule has 3 N–H and O–H groups in total. The number of hydrogen-bond acceptors (Lipinski definition) is 8. The molecule has 48 heavy (non-hydrogen) atoms. The molecule has 0 aromatic heterocycles. The van der Waals surface area contributed by atoms with Gasteiger partial charge in [0.05, 0.1) is 6.61 Å². The number of halogens is 2. The minimum Gasteiger partial charge on any atom is -0.494 e. The zero-order valence-corrected chi connectivity index (χ0v) is 26.8. The van der Waals surface area contributed by atoms with Gasteiger partial charge in [-0.25, -0.2) is 10.4 Å². The number of carbonyl (C=O) groups excluding carboxylic acids is 1. The van der Waals surface area contributed by atoms with Gasteiger partial charge in [0.15, 0.2) is 11.6 Å². The molecule has 2 atom stereocenters. The molecule has 0 fully saturated rings. The number of aliphatic hydroxyl groups excluding tert-OH is 1. The van der Waals surface area contributed by atoms with Crippen LogP contribution in [0.3, 0.4) is 0 Å². The van der Waals surface area contributed by atoms with Gasteiger partial charge in [0.25, 0.3) is 5.91 Å². The Morgan fingerprint density at radius 2 is 1.67 bits per heavy atom. The maximum Gasteiger partial charge on any atom is 0.266 e. The normalized spacial score (nSPS) is 16.6. The van der Waals surface area contributed by atoms with Crippen molar-refractivity contribution in [3.05, 3.63) is 144 Å². The van der Waals surface area contributed by atoms with Crippen molar-refractivity contribution in [3.63, 3.8) is 0 Å². The van der Waals surface area contributed by atoms with Crippen LogP contribution in [0.5, 0.6) is 5.75 Å². The van der Waals surface area contributed by atoms with Crippen molar-refractivity contribution in [1.29, 1.82) is 0 Å². The van der Waals surface area contributed by atoms with Crippen LogP contribution in [-0.4, -0.2) is 35.7 Å². The highest BCUT2D eigenvalue weighted by molar-refractivity contribution is 6.35. The minimum atomic E-state index is -1.72. The van der Waals surface area contributed by atoms with Crippen LogP contribution >= 0.6 is 23.2 Å². The number of carbonyl (C=O) groups is 1. The highest BCUT2D eigenvalue weighted by Crippen LogP contribution is 2.46. The summed E-state index contributed by atoms with van der Waals surface area (Å²) < 4.78 is 12.2. The van der Waals surface area contributed by atoms with Crippen LogP contribution in [0, 0.1) is 0 Å². The van der Waals surface area contributed by atoms with E-state index in [1.54, 1.807) is 91.0 Å². The average molecular weight is 687 g/mol. The molecule has 4 aromatic rings. The quantitative estimate of drug-likeness (QED) is 0.0398. The average Bonchev–Trinajstić information content (AvgIpc) is 3.47. The highest BCUT2D eigenvalue weighted by atomic mass is 35.5. The van der Waals surface area contributed by atoms with Gasteiger partial charge >= 0.3 is 0 Å². The Hall–Kier alpha value is -5.26. The van der Waals surface area contributed by atoms with Crippen LogP contribution < -0.4 is 15.6 Å². The van der Waals surface area contributed by atoms with Crippen LogP contribution in [0.25, 0.3) is 20.9 Å². The van der Waals surface area contributed by atoms with Gasteiger partial charge in [-0.1, -0.05) is 88.0 Å². The first-order valence-electron chi connectivity index (χ1n) is 14.7.